The van der Waals surface area contributed by atoms with Crippen LogP contribution < -0.4 is 5.73 Å². The monoisotopic (exact) mass is 296 g/mol. The van der Waals surface area contributed by atoms with E-state index in [0.717, 1.165) is 23.0 Å². The first-order valence-electron chi connectivity index (χ1n) is 5.17. The molecule has 0 unspecified atom stereocenters. The van der Waals surface area contributed by atoms with Crippen molar-refractivity contribution in [1.29, 1.82) is 0 Å². The molecule has 0 aliphatic heterocycles. The number of anilines is 1. The first-order valence-corrected chi connectivity index (χ1v) is 6.78. The highest BCUT2D eigenvalue weighted by molar-refractivity contribution is 9.10. The number of rotatable bonds is 3. The molecule has 0 saturated carbocycles. The summed E-state index contributed by atoms with van der Waals surface area (Å²) in [5, 5.41) is 0.670. The van der Waals surface area contributed by atoms with Crippen molar-refractivity contribution in [2.45, 2.75) is 19.8 Å². The van der Waals surface area contributed by atoms with Gasteiger partial charge in [0, 0.05) is 15.8 Å². The summed E-state index contributed by atoms with van der Waals surface area (Å²) in [7, 11) is 0. The zero-order valence-corrected chi connectivity index (χ0v) is 11.4. The van der Waals surface area contributed by atoms with Crippen LogP contribution in [-0.2, 0) is 12.8 Å². The van der Waals surface area contributed by atoms with E-state index in [1.54, 1.807) is 11.3 Å². The fraction of sp³-hybridized carbons (Fsp3) is 0.250. The Bertz CT molecular complexity index is 476. The number of halogens is 1. The van der Waals surface area contributed by atoms with Crippen LogP contribution in [0, 0.1) is 0 Å². The molecule has 0 radical (unpaired) electrons. The fourth-order valence-electron chi connectivity index (χ4n) is 1.61. The zero-order chi connectivity index (χ0) is 11.5. The van der Waals surface area contributed by atoms with Gasteiger partial charge in [0.25, 0.3) is 0 Å². The molecule has 1 aromatic carbocycles. The van der Waals surface area contributed by atoms with Crippen molar-refractivity contribution in [2.24, 2.45) is 0 Å². The van der Waals surface area contributed by atoms with Gasteiger partial charge < -0.3 is 5.73 Å². The highest BCUT2D eigenvalue weighted by Gasteiger charge is 2.08. The summed E-state index contributed by atoms with van der Waals surface area (Å²) in [6.45, 7) is 2.11. The predicted octanol–water partition coefficient (Wildman–Crippen LogP) is 3.64. The first kappa shape index (κ1) is 11.6. The predicted molar refractivity (Wildman–Crippen MR) is 72.9 cm³/mol. The second-order valence-corrected chi connectivity index (χ2v) is 5.61. The third-order valence-corrected chi connectivity index (χ3v) is 3.86. The molecule has 2 N–H and O–H groups in total. The number of nitrogens with two attached hydrogens (primary N) is 1. The second-order valence-electron chi connectivity index (χ2n) is 3.58. The fourth-order valence-corrected chi connectivity index (χ4v) is 2.82. The zero-order valence-electron chi connectivity index (χ0n) is 9.03. The van der Waals surface area contributed by atoms with Gasteiger partial charge in [0.2, 0.25) is 0 Å². The average molecular weight is 297 g/mol. The average Bonchev–Trinajstić information content (AvgIpc) is 2.62. The van der Waals surface area contributed by atoms with Crippen LogP contribution in [0.2, 0.25) is 0 Å². The summed E-state index contributed by atoms with van der Waals surface area (Å²) in [6.07, 6.45) is 1.87. The van der Waals surface area contributed by atoms with Crippen LogP contribution >= 0.6 is 27.3 Å². The minimum absolute atomic E-state index is 0.670. The van der Waals surface area contributed by atoms with E-state index in [1.807, 2.05) is 0 Å². The lowest BCUT2D eigenvalue weighted by atomic mass is 10.1. The number of aryl methyl sites for hydroxylation is 1. The topological polar surface area (TPSA) is 38.9 Å². The van der Waals surface area contributed by atoms with Gasteiger partial charge in [-0.05, 0) is 24.1 Å². The normalized spacial score (nSPS) is 10.6. The molecule has 84 valence electrons. The van der Waals surface area contributed by atoms with Crippen LogP contribution in [0.4, 0.5) is 5.13 Å². The van der Waals surface area contributed by atoms with E-state index in [-0.39, 0.29) is 0 Å². The summed E-state index contributed by atoms with van der Waals surface area (Å²) >= 11 is 5.03. The standard InChI is InChI=1S/C12H13BrN2S/c1-2-10-11(16-12(14)15-10)7-8-3-5-9(13)6-4-8/h3-6H,2,7H2,1H3,(H2,14,15). The molecule has 1 aromatic heterocycles. The van der Waals surface area contributed by atoms with Gasteiger partial charge in [-0.3, -0.25) is 0 Å². The number of hydrogen-bond donors (Lipinski definition) is 1. The largest absolute Gasteiger partial charge is 0.375 e. The lowest BCUT2D eigenvalue weighted by Gasteiger charge is -2.00. The minimum Gasteiger partial charge on any atom is -0.375 e. The van der Waals surface area contributed by atoms with Crippen molar-refractivity contribution in [3.63, 3.8) is 0 Å². The molecule has 0 aliphatic rings. The van der Waals surface area contributed by atoms with E-state index in [2.05, 4.69) is 52.1 Å². The van der Waals surface area contributed by atoms with E-state index in [1.165, 1.54) is 10.4 Å². The van der Waals surface area contributed by atoms with Gasteiger partial charge >= 0.3 is 0 Å². The Balaban J connectivity index is 2.22. The van der Waals surface area contributed by atoms with Gasteiger partial charge in [-0.2, -0.15) is 0 Å². The SMILES string of the molecule is CCc1nc(N)sc1Cc1ccc(Br)cc1. The summed E-state index contributed by atoms with van der Waals surface area (Å²) in [5.41, 5.74) is 8.16. The van der Waals surface area contributed by atoms with Crippen molar-refractivity contribution < 1.29 is 0 Å². The van der Waals surface area contributed by atoms with Crippen LogP contribution in [0.5, 0.6) is 0 Å². The van der Waals surface area contributed by atoms with Gasteiger partial charge in [0.1, 0.15) is 0 Å². The van der Waals surface area contributed by atoms with Crippen LogP contribution in [0.25, 0.3) is 0 Å². The molecule has 1 heterocycles. The van der Waals surface area contributed by atoms with E-state index >= 15 is 0 Å². The van der Waals surface area contributed by atoms with Crippen molar-refractivity contribution in [2.75, 3.05) is 5.73 Å². The Hall–Kier alpha value is -0.870. The summed E-state index contributed by atoms with van der Waals surface area (Å²) in [4.78, 5) is 5.61. The quantitative estimate of drug-likeness (QED) is 0.939. The molecule has 0 atom stereocenters. The Kier molecular flexibility index (Phi) is 3.61. The van der Waals surface area contributed by atoms with Crippen LogP contribution in [0.3, 0.4) is 0 Å². The minimum atomic E-state index is 0.670. The van der Waals surface area contributed by atoms with E-state index < -0.39 is 0 Å². The summed E-state index contributed by atoms with van der Waals surface area (Å²) in [5.74, 6) is 0. The number of benzene rings is 1. The Labute approximate surface area is 108 Å². The number of nitrogens with zero attached hydrogens (tertiary/aromatic N) is 1. The molecule has 0 aliphatic carbocycles. The van der Waals surface area contributed by atoms with Crippen molar-refractivity contribution in [1.82, 2.24) is 4.98 Å². The molecule has 0 spiro atoms. The maximum Gasteiger partial charge on any atom is 0.180 e. The highest BCUT2D eigenvalue weighted by atomic mass is 79.9. The second kappa shape index (κ2) is 4.97. The molecule has 0 bridgehead atoms. The maximum absolute atomic E-state index is 5.73. The molecule has 2 aromatic rings. The summed E-state index contributed by atoms with van der Waals surface area (Å²) < 4.78 is 1.11. The third kappa shape index (κ3) is 2.62. The van der Waals surface area contributed by atoms with Gasteiger partial charge in [-0.1, -0.05) is 35.0 Å². The molecular formula is C12H13BrN2S. The number of aromatic nitrogens is 1. The van der Waals surface area contributed by atoms with Crippen LogP contribution in [0.15, 0.2) is 28.7 Å². The van der Waals surface area contributed by atoms with E-state index in [4.69, 9.17) is 5.73 Å². The van der Waals surface area contributed by atoms with E-state index in [9.17, 15) is 0 Å². The molecule has 2 nitrogen and oxygen atoms in total. The molecular weight excluding hydrogens is 284 g/mol. The van der Waals surface area contributed by atoms with Gasteiger partial charge in [0.15, 0.2) is 5.13 Å². The number of thiazole rings is 1. The molecule has 16 heavy (non-hydrogen) atoms. The van der Waals surface area contributed by atoms with Crippen molar-refractivity contribution in [3.8, 4) is 0 Å². The van der Waals surface area contributed by atoms with Crippen molar-refractivity contribution >= 4 is 32.4 Å². The maximum atomic E-state index is 5.73. The van der Waals surface area contributed by atoms with Crippen LogP contribution in [0.1, 0.15) is 23.1 Å². The molecule has 2 rings (SSSR count). The summed E-state index contributed by atoms with van der Waals surface area (Å²) in [6, 6.07) is 8.37. The van der Waals surface area contributed by atoms with Crippen molar-refractivity contribution in [3.05, 3.63) is 44.9 Å². The molecule has 4 heteroatoms. The number of hydrogen-bond acceptors (Lipinski definition) is 3. The Morgan fingerprint density at radius 1 is 1.31 bits per heavy atom. The number of nitrogen functional groups attached to an aromatic ring is 1. The lowest BCUT2D eigenvalue weighted by Crippen LogP contribution is -1.91. The smallest absolute Gasteiger partial charge is 0.180 e. The highest BCUT2D eigenvalue weighted by Crippen LogP contribution is 2.24. The van der Waals surface area contributed by atoms with Gasteiger partial charge in [-0.15, -0.1) is 11.3 Å². The Morgan fingerprint density at radius 2 is 2.00 bits per heavy atom. The Morgan fingerprint density at radius 3 is 2.62 bits per heavy atom. The molecule has 0 saturated heterocycles. The van der Waals surface area contributed by atoms with Crippen LogP contribution in [-0.4, -0.2) is 4.98 Å². The van der Waals surface area contributed by atoms with Gasteiger partial charge in [0.05, 0.1) is 5.69 Å². The molecule has 0 fully saturated rings. The molecule has 0 amide bonds. The lowest BCUT2D eigenvalue weighted by molar-refractivity contribution is 1.02. The first-order chi connectivity index (χ1) is 7.69. The van der Waals surface area contributed by atoms with Gasteiger partial charge in [-0.25, -0.2) is 4.98 Å². The van der Waals surface area contributed by atoms with E-state index in [0.29, 0.717) is 5.13 Å². The third-order valence-electron chi connectivity index (χ3n) is 2.41.